The first kappa shape index (κ1) is 11.7. The van der Waals surface area contributed by atoms with Crippen LogP contribution in [0.1, 0.15) is 25.5 Å². The van der Waals surface area contributed by atoms with Crippen molar-refractivity contribution >= 4 is 10.8 Å². The van der Waals surface area contributed by atoms with E-state index in [1.54, 1.807) is 14.2 Å². The molecule has 1 aromatic heterocycles. The number of pyridine rings is 1. The molecule has 0 saturated heterocycles. The van der Waals surface area contributed by atoms with Gasteiger partial charge in [-0.05, 0) is 23.4 Å². The Bertz CT molecular complexity index is 535. The highest BCUT2D eigenvalue weighted by molar-refractivity contribution is 5.89. The molecule has 90 valence electrons. The van der Waals surface area contributed by atoms with Crippen molar-refractivity contribution in [2.45, 2.75) is 19.8 Å². The first-order valence-corrected chi connectivity index (χ1v) is 5.67. The molecule has 17 heavy (non-hydrogen) atoms. The minimum Gasteiger partial charge on any atom is -0.497 e. The third kappa shape index (κ3) is 2.18. The van der Waals surface area contributed by atoms with E-state index in [2.05, 4.69) is 24.9 Å². The average molecular weight is 231 g/mol. The summed E-state index contributed by atoms with van der Waals surface area (Å²) in [6, 6.07) is 5.97. The summed E-state index contributed by atoms with van der Waals surface area (Å²) in [5.74, 6) is 2.01. The number of rotatable bonds is 3. The molecule has 0 spiro atoms. The summed E-state index contributed by atoms with van der Waals surface area (Å²) >= 11 is 0. The van der Waals surface area contributed by atoms with Gasteiger partial charge in [-0.2, -0.15) is 0 Å². The zero-order valence-corrected chi connectivity index (χ0v) is 10.7. The second-order valence-corrected chi connectivity index (χ2v) is 4.31. The van der Waals surface area contributed by atoms with Crippen LogP contribution in [0, 0.1) is 0 Å². The van der Waals surface area contributed by atoms with Crippen molar-refractivity contribution in [3.05, 3.63) is 30.1 Å². The summed E-state index contributed by atoms with van der Waals surface area (Å²) in [4.78, 5) is 4.45. The van der Waals surface area contributed by atoms with Crippen LogP contribution >= 0.6 is 0 Å². The Morgan fingerprint density at radius 1 is 1.06 bits per heavy atom. The summed E-state index contributed by atoms with van der Waals surface area (Å²) in [6.45, 7) is 4.26. The lowest BCUT2D eigenvalue weighted by Crippen LogP contribution is -1.94. The Morgan fingerprint density at radius 2 is 1.82 bits per heavy atom. The van der Waals surface area contributed by atoms with Crippen LogP contribution in [0.3, 0.4) is 0 Å². The SMILES string of the molecule is COc1cc(OC)c2cnc(C(C)C)cc2c1. The van der Waals surface area contributed by atoms with Crippen molar-refractivity contribution in [3.63, 3.8) is 0 Å². The van der Waals surface area contributed by atoms with Crippen molar-refractivity contribution in [2.24, 2.45) is 0 Å². The fourth-order valence-electron chi connectivity index (χ4n) is 1.82. The first-order valence-electron chi connectivity index (χ1n) is 5.67. The predicted octanol–water partition coefficient (Wildman–Crippen LogP) is 3.38. The van der Waals surface area contributed by atoms with Crippen LogP contribution in [0.25, 0.3) is 10.8 Å². The van der Waals surface area contributed by atoms with E-state index >= 15 is 0 Å². The maximum Gasteiger partial charge on any atom is 0.131 e. The van der Waals surface area contributed by atoms with Gasteiger partial charge in [0.15, 0.2) is 0 Å². The van der Waals surface area contributed by atoms with Gasteiger partial charge in [-0.15, -0.1) is 0 Å². The van der Waals surface area contributed by atoms with Crippen LogP contribution in [0.5, 0.6) is 11.5 Å². The van der Waals surface area contributed by atoms with Gasteiger partial charge in [0.2, 0.25) is 0 Å². The Labute approximate surface area is 101 Å². The minimum absolute atomic E-state index is 0.414. The van der Waals surface area contributed by atoms with Crippen LogP contribution in [-0.4, -0.2) is 19.2 Å². The highest BCUT2D eigenvalue weighted by Crippen LogP contribution is 2.31. The highest BCUT2D eigenvalue weighted by atomic mass is 16.5. The Hall–Kier alpha value is -1.77. The molecule has 3 heteroatoms. The maximum atomic E-state index is 5.35. The van der Waals surface area contributed by atoms with Crippen LogP contribution in [0.4, 0.5) is 0 Å². The van der Waals surface area contributed by atoms with Crippen molar-refractivity contribution in [3.8, 4) is 11.5 Å². The number of ether oxygens (including phenoxy) is 2. The fourth-order valence-corrected chi connectivity index (χ4v) is 1.82. The molecule has 1 heterocycles. The molecule has 0 aliphatic carbocycles. The second-order valence-electron chi connectivity index (χ2n) is 4.31. The number of nitrogens with zero attached hydrogens (tertiary/aromatic N) is 1. The minimum atomic E-state index is 0.414. The summed E-state index contributed by atoms with van der Waals surface area (Å²) in [7, 11) is 3.32. The van der Waals surface area contributed by atoms with Crippen LogP contribution in [0.2, 0.25) is 0 Å². The molecule has 0 amide bonds. The zero-order valence-electron chi connectivity index (χ0n) is 10.7. The van der Waals surface area contributed by atoms with E-state index in [-0.39, 0.29) is 0 Å². The van der Waals surface area contributed by atoms with E-state index in [0.717, 1.165) is 28.0 Å². The van der Waals surface area contributed by atoms with Gasteiger partial charge >= 0.3 is 0 Å². The molecule has 0 aliphatic rings. The number of benzene rings is 1. The highest BCUT2D eigenvalue weighted by Gasteiger charge is 2.08. The van der Waals surface area contributed by atoms with Crippen LogP contribution in [0.15, 0.2) is 24.4 Å². The largest absolute Gasteiger partial charge is 0.497 e. The molecule has 0 saturated carbocycles. The lowest BCUT2D eigenvalue weighted by molar-refractivity contribution is 0.398. The van der Waals surface area contributed by atoms with Crippen LogP contribution < -0.4 is 9.47 Å². The van der Waals surface area contributed by atoms with E-state index in [4.69, 9.17) is 9.47 Å². The molecule has 1 aromatic carbocycles. The molecule has 3 nitrogen and oxygen atoms in total. The lowest BCUT2D eigenvalue weighted by Gasteiger charge is -2.10. The van der Waals surface area contributed by atoms with Crippen molar-refractivity contribution < 1.29 is 9.47 Å². The van der Waals surface area contributed by atoms with Crippen LogP contribution in [-0.2, 0) is 0 Å². The topological polar surface area (TPSA) is 31.4 Å². The number of fused-ring (bicyclic) bond motifs is 1. The summed E-state index contributed by atoms with van der Waals surface area (Å²) in [5.41, 5.74) is 1.08. The molecular formula is C14H17NO2. The monoisotopic (exact) mass is 231 g/mol. The molecule has 0 N–H and O–H groups in total. The van der Waals surface area contributed by atoms with Crippen molar-refractivity contribution in [2.75, 3.05) is 14.2 Å². The van der Waals surface area contributed by atoms with E-state index in [1.807, 2.05) is 18.3 Å². The number of hydrogen-bond donors (Lipinski definition) is 0. The van der Waals surface area contributed by atoms with Gasteiger partial charge in [-0.1, -0.05) is 13.8 Å². The Kier molecular flexibility index (Phi) is 3.18. The van der Waals surface area contributed by atoms with E-state index in [1.165, 1.54) is 0 Å². The predicted molar refractivity (Wildman–Crippen MR) is 68.9 cm³/mol. The molecule has 0 unspecified atom stereocenters. The molecule has 2 aromatic rings. The molecular weight excluding hydrogens is 214 g/mol. The zero-order chi connectivity index (χ0) is 12.4. The summed E-state index contributed by atoms with van der Waals surface area (Å²) in [5, 5.41) is 2.11. The van der Waals surface area contributed by atoms with E-state index in [0.29, 0.717) is 5.92 Å². The van der Waals surface area contributed by atoms with Gasteiger partial charge in [-0.3, -0.25) is 4.98 Å². The van der Waals surface area contributed by atoms with Crippen molar-refractivity contribution in [1.29, 1.82) is 0 Å². The molecule has 0 bridgehead atoms. The number of hydrogen-bond acceptors (Lipinski definition) is 3. The summed E-state index contributed by atoms with van der Waals surface area (Å²) in [6.07, 6.45) is 1.86. The van der Waals surface area contributed by atoms with Crippen molar-refractivity contribution in [1.82, 2.24) is 4.98 Å². The molecule has 2 rings (SSSR count). The standard InChI is InChI=1S/C14H17NO2/c1-9(2)13-6-10-5-11(16-3)7-14(17-4)12(10)8-15-13/h5-9H,1-4H3. The first-order chi connectivity index (χ1) is 8.15. The third-order valence-corrected chi connectivity index (χ3v) is 2.84. The molecule has 0 atom stereocenters. The smallest absolute Gasteiger partial charge is 0.131 e. The summed E-state index contributed by atoms with van der Waals surface area (Å²) < 4.78 is 10.6. The van der Waals surface area contributed by atoms with E-state index in [9.17, 15) is 0 Å². The molecule has 0 aliphatic heterocycles. The lowest BCUT2D eigenvalue weighted by atomic mass is 10.1. The fraction of sp³-hybridized carbons (Fsp3) is 0.357. The quantitative estimate of drug-likeness (QED) is 0.811. The second kappa shape index (κ2) is 4.62. The Balaban J connectivity index is 2.67. The number of methoxy groups -OCH3 is 2. The molecule has 0 fully saturated rings. The van der Waals surface area contributed by atoms with Gasteiger partial charge in [0.1, 0.15) is 11.5 Å². The molecule has 0 radical (unpaired) electrons. The van der Waals surface area contributed by atoms with Gasteiger partial charge < -0.3 is 9.47 Å². The Morgan fingerprint density at radius 3 is 2.41 bits per heavy atom. The maximum absolute atomic E-state index is 5.35. The van der Waals surface area contributed by atoms with E-state index < -0.39 is 0 Å². The van der Waals surface area contributed by atoms with Gasteiger partial charge in [-0.25, -0.2) is 0 Å². The van der Waals surface area contributed by atoms with Gasteiger partial charge in [0.05, 0.1) is 14.2 Å². The normalized spacial score (nSPS) is 10.9. The third-order valence-electron chi connectivity index (χ3n) is 2.84. The van der Waals surface area contributed by atoms with Gasteiger partial charge in [0.25, 0.3) is 0 Å². The number of aromatic nitrogens is 1. The van der Waals surface area contributed by atoms with Gasteiger partial charge in [0, 0.05) is 23.3 Å². The average Bonchev–Trinajstić information content (AvgIpc) is 2.36.